The number of nitro benzene ring substituents is 1. The average molecular weight is 630 g/mol. The Labute approximate surface area is 202 Å². The van der Waals surface area contributed by atoms with Crippen LogP contribution in [-0.4, -0.2) is 21.8 Å². The fourth-order valence-corrected chi connectivity index (χ4v) is 6.82. The van der Waals surface area contributed by atoms with Crippen LogP contribution in [0.1, 0.15) is 0 Å². The zero-order chi connectivity index (χ0) is 24.7. The fraction of sp³-hybridized carbons (Fsp3) is 0. The van der Waals surface area contributed by atoms with E-state index in [4.69, 9.17) is 0 Å². The van der Waals surface area contributed by atoms with Crippen LogP contribution in [0.5, 0.6) is 0 Å². The number of nitro groups is 1. The molecule has 0 saturated heterocycles. The van der Waals surface area contributed by atoms with Gasteiger partial charge in [-0.05, 0) is 74.3 Å². The van der Waals surface area contributed by atoms with Crippen LogP contribution in [0.2, 0.25) is 0 Å². The number of nitrogens with zero attached hydrogens (tertiary/aromatic N) is 2. The molecule has 3 aromatic rings. The number of halogens is 5. The van der Waals surface area contributed by atoms with Gasteiger partial charge in [0.2, 0.25) is 0 Å². The molecule has 0 fully saturated rings. The highest BCUT2D eigenvalue weighted by molar-refractivity contribution is 9.10. The lowest BCUT2D eigenvalue weighted by molar-refractivity contribution is -0.384. The van der Waals surface area contributed by atoms with Gasteiger partial charge in [-0.25, -0.2) is 30.0 Å². The van der Waals surface area contributed by atoms with Crippen LogP contribution in [-0.2, 0) is 20.0 Å². The second kappa shape index (κ2) is 9.04. The van der Waals surface area contributed by atoms with Gasteiger partial charge in [-0.15, -0.1) is 0 Å². The number of benzene rings is 3. The molecule has 0 radical (unpaired) electrons. The molecule has 174 valence electrons. The van der Waals surface area contributed by atoms with Crippen LogP contribution < -0.4 is 3.71 Å². The largest absolute Gasteiger partial charge is 0.277 e. The summed E-state index contributed by atoms with van der Waals surface area (Å²) in [6.07, 6.45) is 0. The van der Waals surface area contributed by atoms with E-state index in [0.29, 0.717) is 30.3 Å². The fourth-order valence-electron chi connectivity index (χ4n) is 2.61. The third-order valence-corrected chi connectivity index (χ3v) is 9.58. The molecule has 0 spiro atoms. The summed E-state index contributed by atoms with van der Waals surface area (Å²) >= 11 is 5.65. The average Bonchev–Trinajstić information content (AvgIpc) is 2.72. The van der Waals surface area contributed by atoms with Crippen molar-refractivity contribution in [2.24, 2.45) is 0 Å². The topological polar surface area (TPSA) is 115 Å². The molecule has 0 aliphatic carbocycles. The minimum Gasteiger partial charge on any atom is -0.258 e. The first-order valence-electron chi connectivity index (χ1n) is 8.41. The molecule has 33 heavy (non-hydrogen) atoms. The maximum Gasteiger partial charge on any atom is 0.277 e. The van der Waals surface area contributed by atoms with Crippen LogP contribution in [0.3, 0.4) is 0 Å². The van der Waals surface area contributed by atoms with Crippen LogP contribution in [0.15, 0.2) is 73.3 Å². The smallest absolute Gasteiger partial charge is 0.258 e. The zero-order valence-electron chi connectivity index (χ0n) is 15.7. The van der Waals surface area contributed by atoms with Crippen LogP contribution in [0.4, 0.5) is 24.5 Å². The Hall–Kier alpha value is -2.49. The molecule has 15 heteroatoms. The molecule has 0 heterocycles. The highest BCUT2D eigenvalue weighted by Gasteiger charge is 2.40. The van der Waals surface area contributed by atoms with E-state index in [-0.39, 0.29) is 8.95 Å². The predicted octanol–water partition coefficient (Wildman–Crippen LogP) is 5.12. The van der Waals surface area contributed by atoms with E-state index in [9.17, 15) is 40.1 Å². The SMILES string of the molecule is O=[N+]([O-])c1ccc(F)c(N(S(=O)(=O)c2ccc(Br)c(F)c2)S(=O)(=O)c2ccc(Br)c(F)c2)c1. The van der Waals surface area contributed by atoms with Gasteiger partial charge in [-0.3, -0.25) is 10.1 Å². The summed E-state index contributed by atoms with van der Waals surface area (Å²) in [7, 11) is -10.6. The number of rotatable bonds is 6. The first kappa shape index (κ1) is 25.1. The maximum absolute atomic E-state index is 14.7. The number of sulfonamides is 2. The van der Waals surface area contributed by atoms with Crippen molar-refractivity contribution in [3.05, 3.63) is 91.1 Å². The number of hydrogen-bond donors (Lipinski definition) is 0. The van der Waals surface area contributed by atoms with E-state index in [2.05, 4.69) is 31.9 Å². The van der Waals surface area contributed by atoms with Gasteiger partial charge in [-0.2, -0.15) is 3.71 Å². The lowest BCUT2D eigenvalue weighted by atomic mass is 10.3. The molecule has 0 aromatic heterocycles. The first-order valence-corrected chi connectivity index (χ1v) is 12.9. The molecule has 0 saturated carbocycles. The highest BCUT2D eigenvalue weighted by atomic mass is 79.9. The highest BCUT2D eigenvalue weighted by Crippen LogP contribution is 2.36. The van der Waals surface area contributed by atoms with E-state index in [1.165, 1.54) is 0 Å². The van der Waals surface area contributed by atoms with E-state index in [0.717, 1.165) is 24.3 Å². The second-order valence-electron chi connectivity index (χ2n) is 6.25. The van der Waals surface area contributed by atoms with Crippen molar-refractivity contribution in [2.45, 2.75) is 9.79 Å². The lowest BCUT2D eigenvalue weighted by Gasteiger charge is -2.24. The number of non-ortho nitro benzene ring substituents is 1. The van der Waals surface area contributed by atoms with Gasteiger partial charge >= 0.3 is 0 Å². The third-order valence-electron chi connectivity index (χ3n) is 4.15. The normalized spacial score (nSPS) is 11.9. The summed E-state index contributed by atoms with van der Waals surface area (Å²) in [6.45, 7) is 0. The maximum atomic E-state index is 14.7. The Balaban J connectivity index is 2.39. The Bertz CT molecular complexity index is 1420. The van der Waals surface area contributed by atoms with E-state index >= 15 is 0 Å². The van der Waals surface area contributed by atoms with E-state index < -0.39 is 67.3 Å². The summed E-state index contributed by atoms with van der Waals surface area (Å²) in [5, 5.41) is 11.1. The van der Waals surface area contributed by atoms with E-state index in [1.807, 2.05) is 0 Å². The minimum absolute atomic E-state index is 0.146. The lowest BCUT2D eigenvalue weighted by Crippen LogP contribution is -2.37. The van der Waals surface area contributed by atoms with Crippen molar-refractivity contribution < 1.29 is 34.9 Å². The summed E-state index contributed by atoms with van der Waals surface area (Å²) < 4.78 is 95.4. The van der Waals surface area contributed by atoms with Gasteiger partial charge in [0.05, 0.1) is 23.7 Å². The van der Waals surface area contributed by atoms with Gasteiger partial charge in [0.1, 0.15) is 23.1 Å². The zero-order valence-corrected chi connectivity index (χ0v) is 20.6. The molecule has 0 atom stereocenters. The van der Waals surface area contributed by atoms with Crippen LogP contribution in [0.25, 0.3) is 0 Å². The van der Waals surface area contributed by atoms with Crippen LogP contribution in [0, 0.1) is 27.6 Å². The summed E-state index contributed by atoms with van der Waals surface area (Å²) in [6, 6.07) is 6.12. The molecule has 0 aliphatic rings. The minimum atomic E-state index is -5.30. The summed E-state index contributed by atoms with van der Waals surface area (Å²) in [4.78, 5) is 8.33. The Morgan fingerprint density at radius 1 is 0.727 bits per heavy atom. The standard InChI is InChI=1S/C18H9Br2F3N2O6S2/c19-13-4-2-11(8-16(13)22)32(28,29)25(18-7-10(24(26)27)1-6-15(18)21)33(30,31)12-3-5-14(20)17(23)9-12/h1-9H. The van der Waals surface area contributed by atoms with Crippen molar-refractivity contribution in [1.29, 1.82) is 0 Å². The molecule has 0 N–H and O–H groups in total. The molecule has 0 aliphatic heterocycles. The molecule has 0 unspecified atom stereocenters. The Kier molecular flexibility index (Phi) is 6.89. The van der Waals surface area contributed by atoms with Crippen molar-refractivity contribution in [2.75, 3.05) is 3.71 Å². The quantitative estimate of drug-likeness (QED) is 0.276. The molecular formula is C18H9Br2F3N2O6S2. The van der Waals surface area contributed by atoms with Gasteiger partial charge in [0, 0.05) is 12.1 Å². The molecule has 3 rings (SSSR count). The van der Waals surface area contributed by atoms with Crippen molar-refractivity contribution in [3.8, 4) is 0 Å². The molecule has 8 nitrogen and oxygen atoms in total. The number of hydrogen-bond acceptors (Lipinski definition) is 6. The molecule has 3 aromatic carbocycles. The van der Waals surface area contributed by atoms with Gasteiger partial charge in [0.15, 0.2) is 0 Å². The predicted molar refractivity (Wildman–Crippen MR) is 118 cm³/mol. The molecule has 0 amide bonds. The monoisotopic (exact) mass is 628 g/mol. The Morgan fingerprint density at radius 3 is 1.58 bits per heavy atom. The Morgan fingerprint density at radius 2 is 1.18 bits per heavy atom. The van der Waals surface area contributed by atoms with Gasteiger partial charge < -0.3 is 0 Å². The summed E-state index contributed by atoms with van der Waals surface area (Å²) in [5.74, 6) is -3.62. The third kappa shape index (κ3) is 4.76. The van der Waals surface area contributed by atoms with Crippen molar-refractivity contribution >= 4 is 63.3 Å². The van der Waals surface area contributed by atoms with Crippen LogP contribution >= 0.6 is 31.9 Å². The van der Waals surface area contributed by atoms with Gasteiger partial charge in [-0.1, -0.05) is 0 Å². The second-order valence-corrected chi connectivity index (χ2v) is 11.8. The number of anilines is 1. The first-order chi connectivity index (χ1) is 15.3. The molecule has 0 bridgehead atoms. The molecular weight excluding hydrogens is 621 g/mol. The summed E-state index contributed by atoms with van der Waals surface area (Å²) in [5.41, 5.74) is -2.07. The van der Waals surface area contributed by atoms with Crippen molar-refractivity contribution in [1.82, 2.24) is 0 Å². The van der Waals surface area contributed by atoms with E-state index in [1.54, 1.807) is 0 Å². The van der Waals surface area contributed by atoms with Crippen molar-refractivity contribution in [3.63, 3.8) is 0 Å². The van der Waals surface area contributed by atoms with Gasteiger partial charge in [0.25, 0.3) is 25.7 Å².